The van der Waals surface area contributed by atoms with Gasteiger partial charge in [0.2, 0.25) is 0 Å². The van der Waals surface area contributed by atoms with E-state index < -0.39 is 0 Å². The third-order valence-electron chi connectivity index (χ3n) is 3.30. The number of benzene rings is 2. The number of nitrogens with two attached hydrogens (primary N) is 1. The molecule has 0 amide bonds. The molecule has 0 atom stereocenters. The van der Waals surface area contributed by atoms with Crippen LogP contribution in [0.1, 0.15) is 11.1 Å². The summed E-state index contributed by atoms with van der Waals surface area (Å²) in [5.74, 6) is 1.28. The van der Waals surface area contributed by atoms with Gasteiger partial charge in [-0.3, -0.25) is 0 Å². The molecule has 0 fully saturated rings. The molecule has 0 heterocycles. The highest BCUT2D eigenvalue weighted by Gasteiger charge is 2.04. The van der Waals surface area contributed by atoms with Crippen molar-refractivity contribution in [2.24, 2.45) is 10.7 Å². The molecule has 24 heavy (non-hydrogen) atoms. The highest BCUT2D eigenvalue weighted by atomic mass is 127. The molecule has 2 rings (SSSR count). The topological polar surface area (TPSA) is 68.9 Å². The predicted molar refractivity (Wildman–Crippen MR) is 104 cm³/mol. The average Bonchev–Trinajstić information content (AvgIpc) is 2.58. The zero-order valence-electron chi connectivity index (χ0n) is 13.6. The minimum Gasteiger partial charge on any atom is -0.493 e. The minimum atomic E-state index is -0.271. The maximum Gasteiger partial charge on any atom is 0.189 e. The molecular formula is C17H21FIN3O2. The molecule has 3 N–H and O–H groups in total. The average molecular weight is 445 g/mol. The van der Waals surface area contributed by atoms with Gasteiger partial charge in [-0.2, -0.15) is 0 Å². The molecule has 0 aliphatic heterocycles. The Morgan fingerprint density at radius 2 is 1.83 bits per heavy atom. The maximum atomic E-state index is 13.5. The Balaban J connectivity index is 0.00000288. The lowest BCUT2D eigenvalue weighted by molar-refractivity contribution is 0.354. The number of nitrogens with zero attached hydrogens (tertiary/aromatic N) is 1. The Morgan fingerprint density at radius 1 is 1.12 bits per heavy atom. The number of aliphatic imine (C=N–C) groups is 1. The third kappa shape index (κ3) is 5.55. The first kappa shape index (κ1) is 20.0. The first-order valence-corrected chi connectivity index (χ1v) is 7.12. The van der Waals surface area contributed by atoms with Crippen LogP contribution in [0.4, 0.5) is 4.39 Å². The molecule has 0 aliphatic carbocycles. The van der Waals surface area contributed by atoms with Gasteiger partial charge in [-0.1, -0.05) is 24.3 Å². The maximum absolute atomic E-state index is 13.5. The monoisotopic (exact) mass is 445 g/mol. The van der Waals surface area contributed by atoms with Crippen LogP contribution in [0, 0.1) is 5.82 Å². The Hall–Kier alpha value is -2.03. The number of hydrogen-bond acceptors (Lipinski definition) is 3. The number of nitrogens with one attached hydrogen (secondary N) is 1. The number of guanidine groups is 1. The van der Waals surface area contributed by atoms with Crippen LogP contribution in [0.3, 0.4) is 0 Å². The zero-order valence-corrected chi connectivity index (χ0v) is 15.9. The molecule has 130 valence electrons. The molecule has 5 nitrogen and oxygen atoms in total. The smallest absolute Gasteiger partial charge is 0.189 e. The van der Waals surface area contributed by atoms with Crippen molar-refractivity contribution in [3.05, 3.63) is 59.4 Å². The standard InChI is InChI=1S/C17H20FN3O2.HI/c1-22-15-8-7-12(9-16(15)23-2)10-20-17(19)21-11-13-5-3-4-6-14(13)18;/h3-9H,10-11H2,1-2H3,(H3,19,20,21);1H. The number of hydrogen-bond donors (Lipinski definition) is 2. The second kappa shape index (κ2) is 9.96. The molecule has 7 heteroatoms. The fraction of sp³-hybridized carbons (Fsp3) is 0.235. The molecule has 0 bridgehead atoms. The SMILES string of the molecule is COc1ccc(CN=C(N)NCc2ccccc2F)cc1OC.I. The second-order valence-corrected chi connectivity index (χ2v) is 4.84. The van der Waals surface area contributed by atoms with Crippen LogP contribution in [0.15, 0.2) is 47.5 Å². The van der Waals surface area contributed by atoms with Crippen LogP contribution in [0.2, 0.25) is 0 Å². The van der Waals surface area contributed by atoms with Crippen LogP contribution < -0.4 is 20.5 Å². The van der Waals surface area contributed by atoms with E-state index in [1.54, 1.807) is 32.4 Å². The molecule has 0 aliphatic rings. The highest BCUT2D eigenvalue weighted by molar-refractivity contribution is 14.0. The van der Waals surface area contributed by atoms with Crippen LogP contribution in [-0.2, 0) is 13.1 Å². The lowest BCUT2D eigenvalue weighted by atomic mass is 10.2. The van der Waals surface area contributed by atoms with E-state index in [9.17, 15) is 4.39 Å². The van der Waals surface area contributed by atoms with Gasteiger partial charge < -0.3 is 20.5 Å². The van der Waals surface area contributed by atoms with Crippen LogP contribution in [0.25, 0.3) is 0 Å². The predicted octanol–water partition coefficient (Wildman–Crippen LogP) is 3.07. The van der Waals surface area contributed by atoms with Crippen molar-refractivity contribution in [1.82, 2.24) is 5.32 Å². The molecule has 0 saturated heterocycles. The van der Waals surface area contributed by atoms with E-state index in [1.165, 1.54) is 6.07 Å². The number of ether oxygens (including phenoxy) is 2. The Kier molecular flexibility index (Phi) is 8.31. The first-order chi connectivity index (χ1) is 11.1. The number of halogens is 2. The zero-order chi connectivity index (χ0) is 16.7. The van der Waals surface area contributed by atoms with Gasteiger partial charge in [0.25, 0.3) is 0 Å². The van der Waals surface area contributed by atoms with Crippen molar-refractivity contribution < 1.29 is 13.9 Å². The highest BCUT2D eigenvalue weighted by Crippen LogP contribution is 2.27. The normalized spacial score (nSPS) is 10.7. The molecular weight excluding hydrogens is 424 g/mol. The summed E-state index contributed by atoms with van der Waals surface area (Å²) < 4.78 is 23.9. The van der Waals surface area contributed by atoms with Crippen LogP contribution in [-0.4, -0.2) is 20.2 Å². The second-order valence-electron chi connectivity index (χ2n) is 4.84. The lowest BCUT2D eigenvalue weighted by Crippen LogP contribution is -2.31. The van der Waals surface area contributed by atoms with E-state index in [0.717, 1.165) is 5.56 Å². The summed E-state index contributed by atoms with van der Waals surface area (Å²) in [4.78, 5) is 4.23. The molecule has 2 aromatic rings. The van der Waals surface area contributed by atoms with E-state index >= 15 is 0 Å². The minimum absolute atomic E-state index is 0. The van der Waals surface area contributed by atoms with Crippen molar-refractivity contribution in [1.29, 1.82) is 0 Å². The van der Waals surface area contributed by atoms with E-state index in [-0.39, 0.29) is 42.3 Å². The summed E-state index contributed by atoms with van der Waals surface area (Å²) in [6.45, 7) is 0.671. The summed E-state index contributed by atoms with van der Waals surface area (Å²) in [7, 11) is 3.16. The van der Waals surface area contributed by atoms with E-state index in [0.29, 0.717) is 23.6 Å². The fourth-order valence-electron chi connectivity index (χ4n) is 2.04. The fourth-order valence-corrected chi connectivity index (χ4v) is 2.04. The van der Waals surface area contributed by atoms with Gasteiger partial charge in [-0.15, -0.1) is 24.0 Å². The number of rotatable bonds is 6. The first-order valence-electron chi connectivity index (χ1n) is 7.12. The molecule has 0 saturated carbocycles. The summed E-state index contributed by atoms with van der Waals surface area (Å²) in [5.41, 5.74) is 7.27. The van der Waals surface area contributed by atoms with Gasteiger partial charge in [-0.25, -0.2) is 9.38 Å². The van der Waals surface area contributed by atoms with E-state index in [1.807, 2.05) is 18.2 Å². The Bertz CT molecular complexity index is 695. The van der Waals surface area contributed by atoms with Gasteiger partial charge in [0.1, 0.15) is 5.82 Å². The molecule has 0 aromatic heterocycles. The lowest BCUT2D eigenvalue weighted by Gasteiger charge is -2.09. The van der Waals surface area contributed by atoms with Gasteiger partial charge in [-0.05, 0) is 23.8 Å². The van der Waals surface area contributed by atoms with Gasteiger partial charge in [0.05, 0.1) is 20.8 Å². The number of methoxy groups -OCH3 is 2. The summed E-state index contributed by atoms with van der Waals surface area (Å²) >= 11 is 0. The van der Waals surface area contributed by atoms with Crippen molar-refractivity contribution in [3.63, 3.8) is 0 Å². The molecule has 0 unspecified atom stereocenters. The van der Waals surface area contributed by atoms with E-state index in [2.05, 4.69) is 10.3 Å². The van der Waals surface area contributed by atoms with Crippen LogP contribution in [0.5, 0.6) is 11.5 Å². The quantitative estimate of drug-likeness (QED) is 0.408. The Morgan fingerprint density at radius 3 is 2.50 bits per heavy atom. The third-order valence-corrected chi connectivity index (χ3v) is 3.30. The van der Waals surface area contributed by atoms with Crippen molar-refractivity contribution in [2.45, 2.75) is 13.1 Å². The van der Waals surface area contributed by atoms with Crippen molar-refractivity contribution in [2.75, 3.05) is 14.2 Å². The van der Waals surface area contributed by atoms with E-state index in [4.69, 9.17) is 15.2 Å². The molecule has 2 aromatic carbocycles. The molecule has 0 radical (unpaired) electrons. The largest absolute Gasteiger partial charge is 0.493 e. The van der Waals surface area contributed by atoms with Gasteiger partial charge in [0.15, 0.2) is 17.5 Å². The summed E-state index contributed by atoms with van der Waals surface area (Å²) in [6, 6.07) is 12.1. The van der Waals surface area contributed by atoms with Gasteiger partial charge in [0, 0.05) is 12.1 Å². The molecule has 0 spiro atoms. The van der Waals surface area contributed by atoms with Gasteiger partial charge >= 0.3 is 0 Å². The van der Waals surface area contributed by atoms with Crippen molar-refractivity contribution in [3.8, 4) is 11.5 Å². The summed E-state index contributed by atoms with van der Waals surface area (Å²) in [6.07, 6.45) is 0. The van der Waals surface area contributed by atoms with Crippen LogP contribution >= 0.6 is 24.0 Å². The van der Waals surface area contributed by atoms with Crippen molar-refractivity contribution >= 4 is 29.9 Å². The Labute approximate surface area is 158 Å². The summed E-state index contributed by atoms with van der Waals surface area (Å²) in [5, 5.41) is 2.89.